The first-order valence-electron chi connectivity index (χ1n) is 11.6. The van der Waals surface area contributed by atoms with Gasteiger partial charge in [-0.15, -0.1) is 9.53 Å². The third-order valence-corrected chi connectivity index (χ3v) is 9.55. The number of H-pyrrole nitrogens is 1. The molecule has 2 N–H and O–H groups in total. The minimum absolute atomic E-state index is 0.0927. The van der Waals surface area contributed by atoms with Gasteiger partial charge in [0, 0.05) is 38.3 Å². The summed E-state index contributed by atoms with van der Waals surface area (Å²) >= 11 is 0. The molecule has 2 fully saturated rings. The van der Waals surface area contributed by atoms with Crippen LogP contribution in [-0.4, -0.2) is 53.8 Å². The lowest BCUT2D eigenvalue weighted by Gasteiger charge is -2.52. The first-order valence-corrected chi connectivity index (χ1v) is 14.0. The van der Waals surface area contributed by atoms with Crippen molar-refractivity contribution in [3.63, 3.8) is 0 Å². The van der Waals surface area contributed by atoms with E-state index in [2.05, 4.69) is 15.1 Å². The summed E-state index contributed by atoms with van der Waals surface area (Å²) in [6.45, 7) is 2.64. The molecule has 11 heteroatoms. The highest BCUT2D eigenvalue weighted by Gasteiger charge is 2.35. The SMILES string of the molecule is CCc1cc(=O)oc2nc(ON=C3CCN(S(C)(=O)(O)CC4CCCCC4)CC3)[nH]c(=O)c12. The maximum atomic E-state index is 13.5. The maximum absolute atomic E-state index is 13.5. The molecule has 182 valence electrons. The Morgan fingerprint density at radius 2 is 1.97 bits per heavy atom. The van der Waals surface area contributed by atoms with Crippen LogP contribution in [0, 0.1) is 5.92 Å². The molecule has 0 amide bonds. The van der Waals surface area contributed by atoms with Gasteiger partial charge in [-0.3, -0.25) is 14.3 Å². The number of aromatic nitrogens is 2. The molecule has 1 saturated carbocycles. The van der Waals surface area contributed by atoms with E-state index in [1.165, 1.54) is 18.7 Å². The minimum Gasteiger partial charge on any atom is -0.403 e. The van der Waals surface area contributed by atoms with Gasteiger partial charge in [-0.2, -0.15) is 9.19 Å². The molecule has 1 aliphatic heterocycles. The number of nitrogens with one attached hydrogen (secondary N) is 1. The van der Waals surface area contributed by atoms with Gasteiger partial charge in [0.1, 0.15) is 5.39 Å². The second-order valence-electron chi connectivity index (χ2n) is 9.27. The van der Waals surface area contributed by atoms with Crippen molar-refractivity contribution in [2.45, 2.75) is 58.3 Å². The number of piperidine rings is 1. The number of fused-ring (bicyclic) bond motifs is 1. The Bertz CT molecular complexity index is 1230. The first kappa shape index (κ1) is 23.8. The molecule has 10 nitrogen and oxygen atoms in total. The van der Waals surface area contributed by atoms with Crippen molar-refractivity contribution in [1.29, 1.82) is 0 Å². The average Bonchev–Trinajstić information content (AvgIpc) is 2.77. The molecule has 0 aromatic carbocycles. The Kier molecular flexibility index (Phi) is 6.56. The molecule has 0 unspecified atom stereocenters. The fourth-order valence-electron chi connectivity index (χ4n) is 4.86. The lowest BCUT2D eigenvalue weighted by Crippen LogP contribution is -2.56. The number of hydrogen-bond acceptors (Lipinski definition) is 7. The van der Waals surface area contributed by atoms with Crippen LogP contribution in [0.15, 0.2) is 25.2 Å². The van der Waals surface area contributed by atoms with Gasteiger partial charge in [0.15, 0.2) is 0 Å². The van der Waals surface area contributed by atoms with E-state index < -0.39 is 20.7 Å². The van der Waals surface area contributed by atoms with Crippen molar-refractivity contribution < 1.29 is 18.0 Å². The number of aryl methyl sites for hydroxylation is 1. The van der Waals surface area contributed by atoms with Gasteiger partial charge >= 0.3 is 11.6 Å². The number of aromatic amines is 1. The molecule has 1 saturated heterocycles. The molecule has 2 aliphatic rings. The Labute approximate surface area is 191 Å². The molecule has 0 radical (unpaired) electrons. The Morgan fingerprint density at radius 1 is 1.27 bits per heavy atom. The summed E-state index contributed by atoms with van der Waals surface area (Å²) in [6, 6.07) is 1.11. The van der Waals surface area contributed by atoms with Crippen LogP contribution >= 0.6 is 0 Å². The van der Waals surface area contributed by atoms with Gasteiger partial charge in [0.25, 0.3) is 5.56 Å². The fraction of sp³-hybridized carbons (Fsp3) is 0.636. The Balaban J connectivity index is 1.43. The number of oxime groups is 1. The quantitative estimate of drug-likeness (QED) is 0.606. The Morgan fingerprint density at radius 3 is 2.64 bits per heavy atom. The summed E-state index contributed by atoms with van der Waals surface area (Å²) in [6.07, 6.45) is 8.45. The van der Waals surface area contributed by atoms with E-state index >= 15 is 0 Å². The summed E-state index contributed by atoms with van der Waals surface area (Å²) in [5.41, 5.74) is 0.109. The topological polar surface area (TPSA) is 138 Å². The van der Waals surface area contributed by atoms with Gasteiger partial charge in [-0.05, 0) is 30.7 Å². The van der Waals surface area contributed by atoms with Gasteiger partial charge < -0.3 is 9.25 Å². The van der Waals surface area contributed by atoms with E-state index in [0.717, 1.165) is 25.7 Å². The Hall–Kier alpha value is -2.37. The molecule has 0 spiro atoms. The van der Waals surface area contributed by atoms with Crippen molar-refractivity contribution in [3.8, 4) is 6.01 Å². The molecule has 3 heterocycles. The van der Waals surface area contributed by atoms with E-state index in [4.69, 9.17) is 9.25 Å². The first-order chi connectivity index (χ1) is 15.6. The van der Waals surface area contributed by atoms with Crippen LogP contribution in [0.5, 0.6) is 6.01 Å². The second-order valence-corrected chi connectivity index (χ2v) is 13.0. The lowest BCUT2D eigenvalue weighted by atomic mass is 9.91. The molecular formula is C22H32N4O6S. The van der Waals surface area contributed by atoms with Crippen molar-refractivity contribution in [3.05, 3.63) is 32.4 Å². The largest absolute Gasteiger partial charge is 0.403 e. The number of rotatable bonds is 6. The molecule has 4 rings (SSSR count). The third kappa shape index (κ3) is 5.42. The summed E-state index contributed by atoms with van der Waals surface area (Å²) in [4.78, 5) is 36.1. The highest BCUT2D eigenvalue weighted by atomic mass is 32.3. The normalized spacial score (nSPS) is 19.8. The zero-order valence-electron chi connectivity index (χ0n) is 19.2. The van der Waals surface area contributed by atoms with Crippen molar-refractivity contribution in [2.24, 2.45) is 11.1 Å². The summed E-state index contributed by atoms with van der Waals surface area (Å²) in [5.74, 6) is 0.628. The predicted molar refractivity (Wildman–Crippen MR) is 127 cm³/mol. The third-order valence-electron chi connectivity index (χ3n) is 6.62. The molecule has 33 heavy (non-hydrogen) atoms. The maximum Gasteiger partial charge on any atom is 0.337 e. The molecule has 0 atom stereocenters. The van der Waals surface area contributed by atoms with Gasteiger partial charge in [0.05, 0.1) is 11.5 Å². The number of hydrogen-bond donors (Lipinski definition) is 2. The van der Waals surface area contributed by atoms with Crippen LogP contribution in [0.3, 0.4) is 0 Å². The highest BCUT2D eigenvalue weighted by Crippen LogP contribution is 2.34. The van der Waals surface area contributed by atoms with Crippen LogP contribution < -0.4 is 16.0 Å². The highest BCUT2D eigenvalue weighted by molar-refractivity contribution is 8.12. The molecule has 1 aliphatic carbocycles. The van der Waals surface area contributed by atoms with E-state index in [1.54, 1.807) is 4.31 Å². The van der Waals surface area contributed by atoms with Crippen LogP contribution in [0.2, 0.25) is 0 Å². The minimum atomic E-state index is -3.88. The molecule has 0 bridgehead atoms. The fourth-order valence-corrected chi connectivity index (χ4v) is 7.61. The molecular weight excluding hydrogens is 448 g/mol. The average molecular weight is 481 g/mol. The smallest absolute Gasteiger partial charge is 0.337 e. The molecule has 2 aromatic heterocycles. The van der Waals surface area contributed by atoms with E-state index in [9.17, 15) is 18.4 Å². The van der Waals surface area contributed by atoms with Crippen LogP contribution in [0.4, 0.5) is 0 Å². The lowest BCUT2D eigenvalue weighted by molar-refractivity contribution is 0.298. The van der Waals surface area contributed by atoms with Crippen molar-refractivity contribution >= 4 is 26.3 Å². The zero-order chi connectivity index (χ0) is 23.7. The van der Waals surface area contributed by atoms with Crippen LogP contribution in [-0.2, 0) is 16.0 Å². The summed E-state index contributed by atoms with van der Waals surface area (Å²) < 4.78 is 31.3. The summed E-state index contributed by atoms with van der Waals surface area (Å²) in [7, 11) is -3.88. The van der Waals surface area contributed by atoms with Gasteiger partial charge in [-0.1, -0.05) is 31.3 Å². The van der Waals surface area contributed by atoms with E-state index in [-0.39, 0.29) is 17.1 Å². The standard InChI is InChI=1S/C22H32N4O6S/c1-3-16-13-18(27)31-21-19(16)20(28)23-22(24-21)32-25-17-9-11-26(12-10-17)33(2,29,30)14-15-7-5-4-6-8-15/h13,15H,3-12,14H2,1-2H3,(H,29,30)(H,23,24,28). The van der Waals surface area contributed by atoms with Crippen molar-refractivity contribution in [1.82, 2.24) is 14.3 Å². The van der Waals surface area contributed by atoms with Gasteiger partial charge in [-0.25, -0.2) is 9.10 Å². The zero-order valence-corrected chi connectivity index (χ0v) is 20.0. The van der Waals surface area contributed by atoms with Crippen LogP contribution in [0.1, 0.15) is 57.4 Å². The molecule has 2 aromatic rings. The van der Waals surface area contributed by atoms with E-state index in [1.807, 2.05) is 6.92 Å². The summed E-state index contributed by atoms with van der Waals surface area (Å²) in [5, 5.41) is 4.30. The predicted octanol–water partition coefficient (Wildman–Crippen LogP) is 2.69. The monoisotopic (exact) mass is 480 g/mol. The van der Waals surface area contributed by atoms with Gasteiger partial charge in [0.2, 0.25) is 5.71 Å². The second kappa shape index (κ2) is 9.11. The number of nitrogens with zero attached hydrogens (tertiary/aromatic N) is 3. The van der Waals surface area contributed by atoms with Crippen molar-refractivity contribution in [2.75, 3.05) is 25.1 Å². The van der Waals surface area contributed by atoms with Crippen LogP contribution in [0.25, 0.3) is 11.1 Å². The van der Waals surface area contributed by atoms with E-state index in [0.29, 0.717) is 55.3 Å².